The third kappa shape index (κ3) is 1.68. The SMILES string of the molecule is NC(C(=O)O)c1cc2[nH]c(=O)[nH]c2cc1Cl. The number of carboxylic acid groups (broad SMARTS) is 1. The molecule has 0 saturated carbocycles. The smallest absolute Gasteiger partial charge is 0.325 e. The van der Waals surface area contributed by atoms with Crippen molar-refractivity contribution in [2.75, 3.05) is 0 Å². The normalized spacial score (nSPS) is 12.9. The summed E-state index contributed by atoms with van der Waals surface area (Å²) >= 11 is 5.87. The van der Waals surface area contributed by atoms with Crippen molar-refractivity contribution in [2.45, 2.75) is 6.04 Å². The number of aliphatic carboxylic acids is 1. The quantitative estimate of drug-likeness (QED) is 0.616. The van der Waals surface area contributed by atoms with Crippen molar-refractivity contribution in [3.05, 3.63) is 33.2 Å². The largest absolute Gasteiger partial charge is 0.480 e. The van der Waals surface area contributed by atoms with Gasteiger partial charge in [0.2, 0.25) is 0 Å². The molecule has 0 aliphatic carbocycles. The van der Waals surface area contributed by atoms with Gasteiger partial charge in [0, 0.05) is 10.6 Å². The summed E-state index contributed by atoms with van der Waals surface area (Å²) in [7, 11) is 0. The van der Waals surface area contributed by atoms with Gasteiger partial charge in [-0.15, -0.1) is 0 Å². The van der Waals surface area contributed by atoms with Crippen molar-refractivity contribution < 1.29 is 9.90 Å². The molecule has 1 aromatic heterocycles. The molecule has 1 heterocycles. The molecule has 1 unspecified atom stereocenters. The molecule has 0 bridgehead atoms. The maximum absolute atomic E-state index is 11.0. The first kappa shape index (κ1) is 10.7. The number of nitrogens with two attached hydrogens (primary N) is 1. The first-order valence-electron chi connectivity index (χ1n) is 4.39. The third-order valence-electron chi connectivity index (χ3n) is 2.23. The average Bonchev–Trinajstić information content (AvgIpc) is 2.54. The molecule has 0 radical (unpaired) electrons. The molecule has 0 aliphatic rings. The van der Waals surface area contributed by atoms with E-state index in [1.807, 2.05) is 0 Å². The molecular weight excluding hydrogens is 234 g/mol. The van der Waals surface area contributed by atoms with Crippen molar-refractivity contribution in [2.24, 2.45) is 5.73 Å². The summed E-state index contributed by atoms with van der Waals surface area (Å²) in [6.07, 6.45) is 0. The van der Waals surface area contributed by atoms with Crippen molar-refractivity contribution in [1.82, 2.24) is 9.97 Å². The Hall–Kier alpha value is -1.79. The molecule has 16 heavy (non-hydrogen) atoms. The molecule has 6 nitrogen and oxygen atoms in total. The van der Waals surface area contributed by atoms with Gasteiger partial charge >= 0.3 is 11.7 Å². The molecule has 1 atom stereocenters. The first-order valence-corrected chi connectivity index (χ1v) is 4.76. The fraction of sp³-hybridized carbons (Fsp3) is 0.111. The molecular formula is C9H8ClN3O3. The first-order chi connectivity index (χ1) is 7.49. The number of aromatic nitrogens is 2. The van der Waals surface area contributed by atoms with Crippen LogP contribution in [-0.4, -0.2) is 21.0 Å². The maximum Gasteiger partial charge on any atom is 0.325 e. The second kappa shape index (κ2) is 3.66. The van der Waals surface area contributed by atoms with Crippen molar-refractivity contribution in [1.29, 1.82) is 0 Å². The lowest BCUT2D eigenvalue weighted by Gasteiger charge is -2.08. The van der Waals surface area contributed by atoms with Gasteiger partial charge in [0.15, 0.2) is 0 Å². The van der Waals surface area contributed by atoms with Crippen molar-refractivity contribution >= 4 is 28.6 Å². The van der Waals surface area contributed by atoms with E-state index in [1.54, 1.807) is 0 Å². The zero-order valence-electron chi connectivity index (χ0n) is 7.95. The minimum absolute atomic E-state index is 0.206. The lowest BCUT2D eigenvalue weighted by atomic mass is 10.1. The molecule has 1 aromatic carbocycles. The molecule has 2 rings (SSSR count). The predicted molar refractivity (Wildman–Crippen MR) is 58.5 cm³/mol. The molecule has 0 amide bonds. The lowest BCUT2D eigenvalue weighted by molar-refractivity contribution is -0.138. The van der Waals surface area contributed by atoms with Crippen molar-refractivity contribution in [3.8, 4) is 0 Å². The molecule has 0 aliphatic heterocycles. The highest BCUT2D eigenvalue weighted by atomic mass is 35.5. The highest BCUT2D eigenvalue weighted by Gasteiger charge is 2.18. The number of carbonyl (C=O) groups is 1. The summed E-state index contributed by atoms with van der Waals surface area (Å²) in [5, 5.41) is 8.98. The Morgan fingerprint density at radius 1 is 1.38 bits per heavy atom. The maximum atomic E-state index is 11.0. The van der Waals surface area contributed by atoms with E-state index in [2.05, 4.69) is 9.97 Å². The number of H-pyrrole nitrogens is 2. The van der Waals surface area contributed by atoms with Gasteiger partial charge in [-0.1, -0.05) is 11.6 Å². The van der Waals surface area contributed by atoms with Crippen molar-refractivity contribution in [3.63, 3.8) is 0 Å². The average molecular weight is 242 g/mol. The van der Waals surface area contributed by atoms with Gasteiger partial charge in [-0.2, -0.15) is 0 Å². The fourth-order valence-corrected chi connectivity index (χ4v) is 1.73. The van der Waals surface area contributed by atoms with Crippen LogP contribution < -0.4 is 11.4 Å². The van der Waals surface area contributed by atoms with Crippen LogP contribution in [-0.2, 0) is 4.79 Å². The Kier molecular flexibility index (Phi) is 2.45. The number of nitrogens with one attached hydrogen (secondary N) is 2. The molecule has 0 fully saturated rings. The van der Waals surface area contributed by atoms with Gasteiger partial charge in [0.1, 0.15) is 6.04 Å². The van der Waals surface area contributed by atoms with Crippen LogP contribution in [0.2, 0.25) is 5.02 Å². The van der Waals surface area contributed by atoms with Gasteiger partial charge in [0.05, 0.1) is 11.0 Å². The standard InChI is InChI=1S/C9H8ClN3O3/c10-4-2-6-5(12-9(16)13-6)1-3(4)7(11)8(14)15/h1-2,7H,11H2,(H,14,15)(H2,12,13,16). The van der Waals surface area contributed by atoms with E-state index in [0.717, 1.165) is 0 Å². The van der Waals surface area contributed by atoms with Crippen LogP contribution in [0.3, 0.4) is 0 Å². The van der Waals surface area contributed by atoms with Gasteiger partial charge in [-0.25, -0.2) is 4.79 Å². The minimum atomic E-state index is -1.21. The van der Waals surface area contributed by atoms with E-state index in [0.29, 0.717) is 11.0 Å². The van der Waals surface area contributed by atoms with Crippen LogP contribution in [0.25, 0.3) is 11.0 Å². The Morgan fingerprint density at radius 2 is 1.94 bits per heavy atom. The van der Waals surface area contributed by atoms with Gasteiger partial charge in [0.25, 0.3) is 0 Å². The summed E-state index contributed by atoms with van der Waals surface area (Å²) in [4.78, 5) is 26.8. The number of benzene rings is 1. The van der Waals surface area contributed by atoms with Gasteiger partial charge < -0.3 is 20.8 Å². The minimum Gasteiger partial charge on any atom is -0.480 e. The Balaban J connectivity index is 2.66. The summed E-state index contributed by atoms with van der Waals surface area (Å²) in [5.41, 5.74) is 6.31. The number of halogens is 1. The monoisotopic (exact) mass is 241 g/mol. The Morgan fingerprint density at radius 3 is 2.50 bits per heavy atom. The zero-order chi connectivity index (χ0) is 11.9. The highest BCUT2D eigenvalue weighted by Crippen LogP contribution is 2.25. The van der Waals surface area contributed by atoms with Crippen LogP contribution in [0.5, 0.6) is 0 Å². The van der Waals surface area contributed by atoms with Gasteiger partial charge in [-0.05, 0) is 12.1 Å². The number of hydrogen-bond acceptors (Lipinski definition) is 3. The fourth-order valence-electron chi connectivity index (χ4n) is 1.44. The molecule has 2 aromatic rings. The summed E-state index contributed by atoms with van der Waals surface area (Å²) in [6, 6.07) is 1.71. The number of imidazole rings is 1. The van der Waals surface area contributed by atoms with Gasteiger partial charge in [-0.3, -0.25) is 4.79 Å². The molecule has 0 saturated heterocycles. The predicted octanol–water partition coefficient (Wildman–Crippen LogP) is 0.594. The van der Waals surface area contributed by atoms with Crippen LogP contribution in [0.4, 0.5) is 0 Å². The second-order valence-electron chi connectivity index (χ2n) is 3.31. The summed E-state index contributed by atoms with van der Waals surface area (Å²) < 4.78 is 0. The summed E-state index contributed by atoms with van der Waals surface area (Å²) in [5.74, 6) is -1.18. The summed E-state index contributed by atoms with van der Waals surface area (Å²) in [6.45, 7) is 0. The number of rotatable bonds is 2. The Bertz CT molecular complexity index is 616. The topological polar surface area (TPSA) is 112 Å². The van der Waals surface area contributed by atoms with E-state index < -0.39 is 12.0 Å². The molecule has 0 spiro atoms. The lowest BCUT2D eigenvalue weighted by Crippen LogP contribution is -2.20. The number of fused-ring (bicyclic) bond motifs is 1. The van der Waals surface area contributed by atoms with E-state index in [4.69, 9.17) is 22.4 Å². The third-order valence-corrected chi connectivity index (χ3v) is 2.56. The van der Waals surface area contributed by atoms with E-state index in [-0.39, 0.29) is 16.3 Å². The zero-order valence-corrected chi connectivity index (χ0v) is 8.71. The number of hydrogen-bond donors (Lipinski definition) is 4. The molecule has 5 N–H and O–H groups in total. The number of aromatic amines is 2. The highest BCUT2D eigenvalue weighted by molar-refractivity contribution is 6.32. The van der Waals surface area contributed by atoms with E-state index in [1.165, 1.54) is 12.1 Å². The number of carboxylic acids is 1. The van der Waals surface area contributed by atoms with E-state index >= 15 is 0 Å². The molecule has 84 valence electrons. The van der Waals surface area contributed by atoms with Crippen LogP contribution in [0.15, 0.2) is 16.9 Å². The van der Waals surface area contributed by atoms with E-state index in [9.17, 15) is 9.59 Å². The van der Waals surface area contributed by atoms with Crippen LogP contribution >= 0.6 is 11.6 Å². The second-order valence-corrected chi connectivity index (χ2v) is 3.72. The Labute approximate surface area is 94.0 Å². The molecule has 7 heteroatoms. The van der Waals surface area contributed by atoms with Crippen LogP contribution in [0, 0.1) is 0 Å². The van der Waals surface area contributed by atoms with Crippen LogP contribution in [0.1, 0.15) is 11.6 Å².